The second-order valence-corrected chi connectivity index (χ2v) is 6.06. The minimum Gasteiger partial charge on any atom is -0.478 e. The van der Waals surface area contributed by atoms with E-state index in [2.05, 4.69) is 10.6 Å². The molecule has 2 rings (SSSR count). The lowest BCUT2D eigenvalue weighted by Crippen LogP contribution is -2.40. The predicted octanol–water partition coefficient (Wildman–Crippen LogP) is 3.18. The first kappa shape index (κ1) is 19.5. The fourth-order valence-corrected chi connectivity index (χ4v) is 2.32. The molecule has 2 aromatic rings. The SMILES string of the molecule is CC(CCOCc1ccccc1)NC(=O)NCc1ccc(C(=O)O)cc1. The molecule has 1 atom stereocenters. The molecular weight excluding hydrogens is 332 g/mol. The van der Waals surface area contributed by atoms with Crippen LogP contribution in [0.3, 0.4) is 0 Å². The summed E-state index contributed by atoms with van der Waals surface area (Å²) < 4.78 is 5.61. The van der Waals surface area contributed by atoms with Gasteiger partial charge in [-0.1, -0.05) is 42.5 Å². The number of carboxylic acid groups (broad SMARTS) is 1. The number of carbonyl (C=O) groups is 2. The zero-order valence-electron chi connectivity index (χ0n) is 14.8. The van der Waals surface area contributed by atoms with Gasteiger partial charge in [0.1, 0.15) is 0 Å². The van der Waals surface area contributed by atoms with E-state index in [-0.39, 0.29) is 17.6 Å². The van der Waals surface area contributed by atoms with Crippen LogP contribution in [0, 0.1) is 0 Å². The number of ether oxygens (including phenoxy) is 1. The third kappa shape index (κ3) is 6.94. The summed E-state index contributed by atoms with van der Waals surface area (Å²) in [4.78, 5) is 22.7. The van der Waals surface area contributed by atoms with E-state index in [1.807, 2.05) is 37.3 Å². The Bertz CT molecular complexity index is 702. The van der Waals surface area contributed by atoms with Gasteiger partial charge < -0.3 is 20.5 Å². The lowest BCUT2D eigenvalue weighted by molar-refractivity contribution is 0.0697. The monoisotopic (exact) mass is 356 g/mol. The van der Waals surface area contributed by atoms with E-state index in [9.17, 15) is 9.59 Å². The number of benzene rings is 2. The highest BCUT2D eigenvalue weighted by Crippen LogP contribution is 2.04. The highest BCUT2D eigenvalue weighted by molar-refractivity contribution is 5.87. The van der Waals surface area contributed by atoms with E-state index in [1.54, 1.807) is 12.1 Å². The maximum Gasteiger partial charge on any atom is 0.335 e. The summed E-state index contributed by atoms with van der Waals surface area (Å²) in [5, 5.41) is 14.5. The van der Waals surface area contributed by atoms with Gasteiger partial charge in [-0.2, -0.15) is 0 Å². The standard InChI is InChI=1S/C20H24N2O4/c1-15(11-12-26-14-17-5-3-2-4-6-17)22-20(25)21-13-16-7-9-18(10-8-16)19(23)24/h2-10,15H,11-14H2,1H3,(H,23,24)(H2,21,22,25). The minimum atomic E-state index is -0.967. The van der Waals surface area contributed by atoms with E-state index in [0.29, 0.717) is 26.2 Å². The summed E-state index contributed by atoms with van der Waals surface area (Å²) in [5.74, 6) is -0.967. The average Bonchev–Trinajstić information content (AvgIpc) is 2.65. The Labute approximate surface area is 153 Å². The summed E-state index contributed by atoms with van der Waals surface area (Å²) in [7, 11) is 0. The van der Waals surface area contributed by atoms with Gasteiger partial charge in [-0.3, -0.25) is 0 Å². The van der Waals surface area contributed by atoms with Crippen LogP contribution in [-0.2, 0) is 17.9 Å². The van der Waals surface area contributed by atoms with Crippen LogP contribution in [0.15, 0.2) is 54.6 Å². The second-order valence-electron chi connectivity index (χ2n) is 6.06. The van der Waals surface area contributed by atoms with Crippen molar-refractivity contribution in [2.45, 2.75) is 32.5 Å². The van der Waals surface area contributed by atoms with Crippen LogP contribution in [0.5, 0.6) is 0 Å². The maximum absolute atomic E-state index is 11.9. The van der Waals surface area contributed by atoms with Gasteiger partial charge in [-0.15, -0.1) is 0 Å². The number of rotatable bonds is 9. The van der Waals surface area contributed by atoms with Crippen molar-refractivity contribution in [1.82, 2.24) is 10.6 Å². The Morgan fingerprint density at radius 1 is 1.04 bits per heavy atom. The molecule has 0 radical (unpaired) electrons. The van der Waals surface area contributed by atoms with Crippen molar-refractivity contribution >= 4 is 12.0 Å². The molecule has 0 bridgehead atoms. The van der Waals surface area contributed by atoms with Crippen molar-refractivity contribution in [3.05, 3.63) is 71.3 Å². The molecule has 0 spiro atoms. The molecule has 0 saturated carbocycles. The molecule has 2 aromatic carbocycles. The van der Waals surface area contributed by atoms with E-state index in [0.717, 1.165) is 11.1 Å². The molecular formula is C20H24N2O4. The third-order valence-corrected chi connectivity index (χ3v) is 3.84. The Kier molecular flexibility index (Phi) is 7.64. The molecule has 0 heterocycles. The Balaban J connectivity index is 1.61. The van der Waals surface area contributed by atoms with Gasteiger partial charge in [0, 0.05) is 19.2 Å². The molecule has 1 unspecified atom stereocenters. The van der Waals surface area contributed by atoms with Crippen LogP contribution in [-0.4, -0.2) is 29.8 Å². The van der Waals surface area contributed by atoms with Crippen LogP contribution in [0.1, 0.15) is 34.8 Å². The second kappa shape index (κ2) is 10.2. The highest BCUT2D eigenvalue weighted by atomic mass is 16.5. The predicted molar refractivity (Wildman–Crippen MR) is 98.9 cm³/mol. The smallest absolute Gasteiger partial charge is 0.335 e. The summed E-state index contributed by atoms with van der Waals surface area (Å²) in [6, 6.07) is 16.1. The molecule has 2 amide bonds. The molecule has 26 heavy (non-hydrogen) atoms. The van der Waals surface area contributed by atoms with Gasteiger partial charge >= 0.3 is 12.0 Å². The van der Waals surface area contributed by atoms with Gasteiger partial charge in [-0.05, 0) is 36.6 Å². The van der Waals surface area contributed by atoms with Crippen LogP contribution in [0.4, 0.5) is 4.79 Å². The van der Waals surface area contributed by atoms with E-state index >= 15 is 0 Å². The summed E-state index contributed by atoms with van der Waals surface area (Å²) in [5.41, 5.74) is 2.19. The van der Waals surface area contributed by atoms with Crippen molar-refractivity contribution < 1.29 is 19.4 Å². The van der Waals surface area contributed by atoms with Crippen molar-refractivity contribution in [1.29, 1.82) is 0 Å². The molecule has 6 nitrogen and oxygen atoms in total. The highest BCUT2D eigenvalue weighted by Gasteiger charge is 2.07. The Hall–Kier alpha value is -2.86. The van der Waals surface area contributed by atoms with Crippen LogP contribution in [0.2, 0.25) is 0 Å². The van der Waals surface area contributed by atoms with Crippen LogP contribution < -0.4 is 10.6 Å². The normalized spacial score (nSPS) is 11.6. The fourth-order valence-electron chi connectivity index (χ4n) is 2.32. The van der Waals surface area contributed by atoms with Crippen molar-refractivity contribution in [3.63, 3.8) is 0 Å². The molecule has 0 saturated heterocycles. The van der Waals surface area contributed by atoms with Crippen LogP contribution >= 0.6 is 0 Å². The molecule has 0 aromatic heterocycles. The van der Waals surface area contributed by atoms with Crippen molar-refractivity contribution in [3.8, 4) is 0 Å². The zero-order chi connectivity index (χ0) is 18.8. The summed E-state index contributed by atoms with van der Waals surface area (Å²) >= 11 is 0. The van der Waals surface area contributed by atoms with Gasteiger partial charge in [0.15, 0.2) is 0 Å². The molecule has 3 N–H and O–H groups in total. The number of nitrogens with one attached hydrogen (secondary N) is 2. The van der Waals surface area contributed by atoms with Crippen LogP contribution in [0.25, 0.3) is 0 Å². The van der Waals surface area contributed by atoms with Gasteiger partial charge in [0.25, 0.3) is 0 Å². The quantitative estimate of drug-likeness (QED) is 0.602. The summed E-state index contributed by atoms with van der Waals surface area (Å²) in [6.07, 6.45) is 0.716. The molecule has 0 fully saturated rings. The minimum absolute atomic E-state index is 0.0137. The number of amides is 2. The molecule has 138 valence electrons. The number of hydrogen-bond donors (Lipinski definition) is 3. The Morgan fingerprint density at radius 2 is 1.73 bits per heavy atom. The fraction of sp³-hybridized carbons (Fsp3) is 0.300. The van der Waals surface area contributed by atoms with Gasteiger partial charge in [0.05, 0.1) is 12.2 Å². The largest absolute Gasteiger partial charge is 0.478 e. The van der Waals surface area contributed by atoms with Crippen molar-refractivity contribution in [2.24, 2.45) is 0 Å². The Morgan fingerprint density at radius 3 is 2.38 bits per heavy atom. The van der Waals surface area contributed by atoms with E-state index < -0.39 is 5.97 Å². The lowest BCUT2D eigenvalue weighted by atomic mass is 10.1. The lowest BCUT2D eigenvalue weighted by Gasteiger charge is -2.15. The van der Waals surface area contributed by atoms with Gasteiger partial charge in [-0.25, -0.2) is 9.59 Å². The average molecular weight is 356 g/mol. The summed E-state index contributed by atoms with van der Waals surface area (Å²) in [6.45, 7) is 3.38. The number of carbonyl (C=O) groups excluding carboxylic acids is 1. The van der Waals surface area contributed by atoms with Gasteiger partial charge in [0.2, 0.25) is 0 Å². The number of aromatic carboxylic acids is 1. The topological polar surface area (TPSA) is 87.7 Å². The third-order valence-electron chi connectivity index (χ3n) is 3.84. The molecule has 0 aliphatic heterocycles. The van der Waals surface area contributed by atoms with E-state index in [1.165, 1.54) is 12.1 Å². The first-order chi connectivity index (χ1) is 12.5. The molecule has 0 aliphatic rings. The maximum atomic E-state index is 11.9. The van der Waals surface area contributed by atoms with Crippen molar-refractivity contribution in [2.75, 3.05) is 6.61 Å². The zero-order valence-corrected chi connectivity index (χ0v) is 14.8. The number of carboxylic acids is 1. The van der Waals surface area contributed by atoms with E-state index in [4.69, 9.17) is 9.84 Å². The number of hydrogen-bond acceptors (Lipinski definition) is 3. The first-order valence-corrected chi connectivity index (χ1v) is 8.53. The molecule has 6 heteroatoms. The number of urea groups is 1. The first-order valence-electron chi connectivity index (χ1n) is 8.53. The molecule has 0 aliphatic carbocycles.